The third-order valence-corrected chi connectivity index (χ3v) is 6.53. The lowest BCUT2D eigenvalue weighted by Crippen LogP contribution is -2.20. The van der Waals surface area contributed by atoms with Gasteiger partial charge in [-0.2, -0.15) is 26.3 Å². The van der Waals surface area contributed by atoms with Crippen LogP contribution in [0.4, 0.5) is 26.3 Å². The standard InChI is InChI=1S/C4H2F6S4/c5-3(6,7)13-1-11-2(12-1)14-4(8,9)10/h1-2H. The highest BCUT2D eigenvalue weighted by Gasteiger charge is 2.45. The van der Waals surface area contributed by atoms with E-state index in [1.54, 1.807) is 0 Å². The Hall–Kier alpha value is 0.980. The average molecular weight is 292 g/mol. The second kappa shape index (κ2) is 4.46. The molecule has 0 N–H and O–H groups in total. The van der Waals surface area contributed by atoms with Gasteiger partial charge in [0.2, 0.25) is 0 Å². The largest absolute Gasteiger partial charge is 0.443 e. The molecule has 0 aromatic heterocycles. The van der Waals surface area contributed by atoms with Crippen LogP contribution >= 0.6 is 47.0 Å². The lowest BCUT2D eigenvalue weighted by molar-refractivity contribution is -0.0332. The molecule has 84 valence electrons. The van der Waals surface area contributed by atoms with Gasteiger partial charge in [-0.25, -0.2) is 0 Å². The lowest BCUT2D eigenvalue weighted by Gasteiger charge is -2.33. The zero-order valence-corrected chi connectivity index (χ0v) is 9.32. The maximum atomic E-state index is 11.7. The third-order valence-electron chi connectivity index (χ3n) is 0.904. The van der Waals surface area contributed by atoms with Gasteiger partial charge in [-0.15, -0.1) is 23.5 Å². The Morgan fingerprint density at radius 2 is 1.00 bits per heavy atom. The molecule has 1 aliphatic heterocycles. The van der Waals surface area contributed by atoms with Crippen molar-refractivity contribution in [2.24, 2.45) is 0 Å². The summed E-state index contributed by atoms with van der Waals surface area (Å²) in [6, 6.07) is 0. The maximum Gasteiger partial charge on any atom is 0.443 e. The normalized spacial score (nSPS) is 28.7. The Balaban J connectivity index is 2.18. The van der Waals surface area contributed by atoms with Crippen molar-refractivity contribution < 1.29 is 26.3 Å². The summed E-state index contributed by atoms with van der Waals surface area (Å²) < 4.78 is 68.5. The zero-order chi connectivity index (χ0) is 11.0. The van der Waals surface area contributed by atoms with Gasteiger partial charge in [-0.3, -0.25) is 0 Å². The molecule has 0 aromatic carbocycles. The first kappa shape index (κ1) is 13.0. The summed E-state index contributed by atoms with van der Waals surface area (Å²) in [4.78, 5) is 0. The second-order valence-corrected chi connectivity index (χ2v) is 8.54. The predicted molar refractivity (Wildman–Crippen MR) is 50.1 cm³/mol. The number of halogens is 6. The van der Waals surface area contributed by atoms with Gasteiger partial charge in [0, 0.05) is 0 Å². The van der Waals surface area contributed by atoms with Crippen LogP contribution in [-0.4, -0.2) is 18.8 Å². The van der Waals surface area contributed by atoms with E-state index >= 15 is 0 Å². The smallest absolute Gasteiger partial charge is 0.160 e. The fourth-order valence-electron chi connectivity index (χ4n) is 0.521. The summed E-state index contributed by atoms with van der Waals surface area (Å²) in [5.41, 5.74) is -8.75. The molecule has 1 fully saturated rings. The van der Waals surface area contributed by atoms with Gasteiger partial charge in [0.25, 0.3) is 0 Å². The minimum atomic E-state index is -4.38. The van der Waals surface area contributed by atoms with E-state index in [0.29, 0.717) is 23.5 Å². The summed E-state index contributed by atoms with van der Waals surface area (Å²) in [5, 5.41) is 0. The number of rotatable bonds is 2. The minimum absolute atomic E-state index is 0.281. The van der Waals surface area contributed by atoms with E-state index in [0.717, 1.165) is 0 Å². The molecule has 0 amide bonds. The first-order chi connectivity index (χ1) is 6.16. The number of alkyl halides is 6. The molecule has 1 aliphatic rings. The summed E-state index contributed by atoms with van der Waals surface area (Å²) >= 11 is 0.790. The lowest BCUT2D eigenvalue weighted by atomic mass is 11.5. The van der Waals surface area contributed by atoms with E-state index in [1.807, 2.05) is 0 Å². The Kier molecular flexibility index (Phi) is 4.16. The van der Waals surface area contributed by atoms with Crippen LogP contribution in [0.25, 0.3) is 0 Å². The number of hydrogen-bond acceptors (Lipinski definition) is 4. The molecule has 0 spiro atoms. The summed E-state index contributed by atoms with van der Waals surface area (Å²) in [6.07, 6.45) is 0. The molecule has 0 radical (unpaired) electrons. The highest BCUT2D eigenvalue weighted by atomic mass is 32.3. The molecule has 0 bridgehead atoms. The van der Waals surface area contributed by atoms with Crippen molar-refractivity contribution in [3.63, 3.8) is 0 Å². The van der Waals surface area contributed by atoms with E-state index in [2.05, 4.69) is 0 Å². The van der Waals surface area contributed by atoms with E-state index in [9.17, 15) is 26.3 Å². The molecule has 0 atom stereocenters. The van der Waals surface area contributed by atoms with Crippen molar-refractivity contribution in [1.82, 2.24) is 0 Å². The van der Waals surface area contributed by atoms with E-state index in [4.69, 9.17) is 0 Å². The van der Waals surface area contributed by atoms with Gasteiger partial charge < -0.3 is 0 Å². The van der Waals surface area contributed by atoms with Gasteiger partial charge in [0.05, 0.1) is 0 Å². The zero-order valence-electron chi connectivity index (χ0n) is 6.06. The van der Waals surface area contributed by atoms with Gasteiger partial charge in [-0.1, -0.05) is 0 Å². The highest BCUT2D eigenvalue weighted by Crippen LogP contribution is 2.62. The Morgan fingerprint density at radius 1 is 0.714 bits per heavy atom. The van der Waals surface area contributed by atoms with Crippen molar-refractivity contribution in [3.8, 4) is 0 Å². The number of hydrogen-bond donors (Lipinski definition) is 0. The predicted octanol–water partition coefficient (Wildman–Crippen LogP) is 4.54. The van der Waals surface area contributed by atoms with Crippen molar-refractivity contribution in [2.45, 2.75) is 18.8 Å². The Labute approximate surface area is 92.3 Å². The van der Waals surface area contributed by atoms with Crippen LogP contribution in [-0.2, 0) is 0 Å². The van der Waals surface area contributed by atoms with Gasteiger partial charge in [0.1, 0.15) is 7.83 Å². The van der Waals surface area contributed by atoms with Gasteiger partial charge in [0.15, 0.2) is 0 Å². The van der Waals surface area contributed by atoms with Crippen LogP contribution in [0.1, 0.15) is 0 Å². The SMILES string of the molecule is FC(F)(F)SC1SC(SC(F)(F)F)S1. The monoisotopic (exact) mass is 292 g/mol. The van der Waals surface area contributed by atoms with Crippen molar-refractivity contribution in [1.29, 1.82) is 0 Å². The van der Waals surface area contributed by atoms with Crippen LogP contribution < -0.4 is 0 Å². The first-order valence-corrected chi connectivity index (χ1v) is 6.60. The van der Waals surface area contributed by atoms with Crippen molar-refractivity contribution in [2.75, 3.05) is 0 Å². The van der Waals surface area contributed by atoms with Crippen molar-refractivity contribution in [3.05, 3.63) is 0 Å². The van der Waals surface area contributed by atoms with Crippen molar-refractivity contribution >= 4 is 47.0 Å². The first-order valence-electron chi connectivity index (χ1n) is 2.96. The molecule has 10 heteroatoms. The molecule has 1 heterocycles. The van der Waals surface area contributed by atoms with Crippen LogP contribution in [0.2, 0.25) is 0 Å². The molecule has 0 aromatic rings. The van der Waals surface area contributed by atoms with E-state index in [-0.39, 0.29) is 23.5 Å². The average Bonchev–Trinajstić information content (AvgIpc) is 1.75. The number of thioether (sulfide) groups is 4. The van der Waals surface area contributed by atoms with Gasteiger partial charge in [-0.05, 0) is 23.5 Å². The Morgan fingerprint density at radius 3 is 1.21 bits per heavy atom. The topological polar surface area (TPSA) is 0 Å². The molecular formula is C4H2F6S4. The van der Waals surface area contributed by atoms with Crippen LogP contribution in [0.3, 0.4) is 0 Å². The quantitative estimate of drug-likeness (QED) is 0.685. The highest BCUT2D eigenvalue weighted by molar-refractivity contribution is 8.51. The Bertz CT molecular complexity index is 173. The van der Waals surface area contributed by atoms with Crippen LogP contribution in [0, 0.1) is 0 Å². The van der Waals surface area contributed by atoms with E-state index < -0.39 is 18.8 Å². The molecule has 1 saturated heterocycles. The van der Waals surface area contributed by atoms with E-state index in [1.165, 1.54) is 0 Å². The summed E-state index contributed by atoms with van der Waals surface area (Å²) in [5.74, 6) is 0. The molecule has 0 aliphatic carbocycles. The fourth-order valence-corrected chi connectivity index (χ4v) is 7.14. The maximum absolute atomic E-state index is 11.7. The van der Waals surface area contributed by atoms with Gasteiger partial charge >= 0.3 is 11.0 Å². The molecule has 14 heavy (non-hydrogen) atoms. The minimum Gasteiger partial charge on any atom is -0.160 e. The third kappa shape index (κ3) is 5.17. The summed E-state index contributed by atoms with van der Waals surface area (Å²) in [7, 11) is 0. The molecule has 1 rings (SSSR count). The second-order valence-electron chi connectivity index (χ2n) is 1.98. The summed E-state index contributed by atoms with van der Waals surface area (Å²) in [6.45, 7) is 0. The molecular weight excluding hydrogens is 290 g/mol. The molecule has 0 unspecified atom stereocenters. The molecule has 0 nitrogen and oxygen atoms in total. The fraction of sp³-hybridized carbons (Fsp3) is 1.00. The van der Waals surface area contributed by atoms with Crippen LogP contribution in [0.5, 0.6) is 0 Å². The molecule has 0 saturated carbocycles. The van der Waals surface area contributed by atoms with Crippen LogP contribution in [0.15, 0.2) is 0 Å².